The first kappa shape index (κ1) is 22.2. The fourth-order valence-electron chi connectivity index (χ4n) is 2.63. The first-order chi connectivity index (χ1) is 12.3. The molecular formula is C15H23F5N4O2S. The highest BCUT2D eigenvalue weighted by Crippen LogP contribution is 2.42. The van der Waals surface area contributed by atoms with E-state index in [1.807, 2.05) is 20.8 Å². The molecule has 1 saturated carbocycles. The predicted molar refractivity (Wildman–Crippen MR) is 89.5 cm³/mol. The Kier molecular flexibility index (Phi) is 6.63. The average Bonchev–Trinajstić information content (AvgIpc) is 3.01. The topological polar surface area (TPSA) is 86.0 Å². The van der Waals surface area contributed by atoms with Crippen LogP contribution in [0.1, 0.15) is 52.3 Å². The van der Waals surface area contributed by atoms with E-state index < -0.39 is 35.3 Å². The zero-order valence-electron chi connectivity index (χ0n) is 15.2. The summed E-state index contributed by atoms with van der Waals surface area (Å²) in [6.45, 7) is 6.22. The van der Waals surface area contributed by atoms with E-state index in [0.717, 1.165) is 12.8 Å². The van der Waals surface area contributed by atoms with E-state index in [-0.39, 0.29) is 10.8 Å². The van der Waals surface area contributed by atoms with Gasteiger partial charge in [-0.25, -0.2) is 0 Å². The minimum atomic E-state index is -5.79. The molecule has 1 heterocycles. The number of nitrogens with one attached hydrogen (secondary N) is 2. The molecule has 27 heavy (non-hydrogen) atoms. The van der Waals surface area contributed by atoms with Crippen molar-refractivity contribution in [3.8, 4) is 0 Å². The normalized spacial score (nSPS) is 23.3. The molecule has 6 nitrogen and oxygen atoms in total. The van der Waals surface area contributed by atoms with E-state index in [1.54, 1.807) is 0 Å². The summed E-state index contributed by atoms with van der Waals surface area (Å²) in [6.07, 6.45) is -2.91. The Morgan fingerprint density at radius 3 is 2.22 bits per heavy atom. The number of hydrogen-bond donors (Lipinski definition) is 2. The van der Waals surface area contributed by atoms with Crippen LogP contribution in [0.3, 0.4) is 0 Å². The van der Waals surface area contributed by atoms with E-state index in [4.69, 9.17) is 0 Å². The van der Waals surface area contributed by atoms with E-state index in [0.29, 0.717) is 25.3 Å². The van der Waals surface area contributed by atoms with Crippen LogP contribution in [-0.4, -0.2) is 38.2 Å². The molecule has 0 bridgehead atoms. The molecule has 1 unspecified atom stereocenters. The summed E-state index contributed by atoms with van der Waals surface area (Å²) in [5.41, 5.74) is 0. The summed E-state index contributed by atoms with van der Waals surface area (Å²) in [5.74, 6) is -6.56. The molecule has 0 amide bonds. The summed E-state index contributed by atoms with van der Waals surface area (Å²) in [7, 11) is 0. The Hall–Kier alpha value is -1.14. The Balaban J connectivity index is 1.81. The van der Waals surface area contributed by atoms with Crippen LogP contribution in [0.5, 0.6) is 0 Å². The van der Waals surface area contributed by atoms with Crippen LogP contribution in [0.4, 0.5) is 28.0 Å². The third-order valence-electron chi connectivity index (χ3n) is 4.30. The summed E-state index contributed by atoms with van der Waals surface area (Å²) in [4.78, 5) is 3.14. The van der Waals surface area contributed by atoms with Crippen LogP contribution in [0.25, 0.3) is 0 Å². The summed E-state index contributed by atoms with van der Waals surface area (Å²) in [6, 6.07) is -0.619. The molecule has 0 radical (unpaired) electrons. The molecule has 1 atom stereocenters. The van der Waals surface area contributed by atoms with Crippen LogP contribution in [0.2, 0.25) is 0 Å². The highest BCUT2D eigenvalue weighted by Gasteiger charge is 2.62. The Bertz CT molecular complexity index is 612. The maximum absolute atomic E-state index is 13.2. The SMILES string of the molecule is CC(C)(C)[S+]([O-])NCC1CCC(Nc2nc(C(F)(F)C(F)(F)F)no2)CC1. The van der Waals surface area contributed by atoms with Gasteiger partial charge in [-0.15, -0.1) is 4.72 Å². The molecule has 0 saturated heterocycles. The van der Waals surface area contributed by atoms with Crippen LogP contribution >= 0.6 is 0 Å². The van der Waals surface area contributed by atoms with Crippen molar-refractivity contribution < 1.29 is 31.0 Å². The van der Waals surface area contributed by atoms with Crippen molar-refractivity contribution in [3.05, 3.63) is 5.82 Å². The predicted octanol–water partition coefficient (Wildman–Crippen LogP) is 3.75. The lowest BCUT2D eigenvalue weighted by Gasteiger charge is -2.30. The highest BCUT2D eigenvalue weighted by atomic mass is 32.2. The van der Waals surface area contributed by atoms with Gasteiger partial charge in [0.15, 0.2) is 0 Å². The fourth-order valence-corrected chi connectivity index (χ4v) is 3.45. The van der Waals surface area contributed by atoms with E-state index in [9.17, 15) is 26.5 Å². The van der Waals surface area contributed by atoms with Crippen molar-refractivity contribution in [1.29, 1.82) is 0 Å². The van der Waals surface area contributed by atoms with Crippen molar-refractivity contribution in [1.82, 2.24) is 14.9 Å². The van der Waals surface area contributed by atoms with Gasteiger partial charge in [0.2, 0.25) is 0 Å². The molecule has 12 heteroatoms. The quantitative estimate of drug-likeness (QED) is 0.541. The molecule has 1 aromatic heterocycles. The first-order valence-corrected chi connectivity index (χ1v) is 9.66. The smallest absolute Gasteiger partial charge is 0.461 e. The molecule has 0 spiro atoms. The van der Waals surface area contributed by atoms with Gasteiger partial charge in [0, 0.05) is 23.9 Å². The van der Waals surface area contributed by atoms with E-state index in [2.05, 4.69) is 24.7 Å². The highest BCUT2D eigenvalue weighted by molar-refractivity contribution is 7.90. The minimum absolute atomic E-state index is 0.165. The number of hydrogen-bond acceptors (Lipinski definition) is 6. The van der Waals surface area contributed by atoms with Gasteiger partial charge in [0.1, 0.15) is 4.75 Å². The van der Waals surface area contributed by atoms with Crippen molar-refractivity contribution in [2.24, 2.45) is 5.92 Å². The first-order valence-electron chi connectivity index (χ1n) is 8.51. The zero-order chi connectivity index (χ0) is 20.5. The number of rotatable bonds is 6. The molecular weight excluding hydrogens is 395 g/mol. The number of halogens is 5. The maximum Gasteiger partial charge on any atom is 0.461 e. The van der Waals surface area contributed by atoms with Crippen molar-refractivity contribution in [2.75, 3.05) is 11.9 Å². The van der Waals surface area contributed by atoms with E-state index >= 15 is 0 Å². The summed E-state index contributed by atoms with van der Waals surface area (Å²) in [5, 5.41) is 5.46. The van der Waals surface area contributed by atoms with Gasteiger partial charge >= 0.3 is 18.1 Å². The van der Waals surface area contributed by atoms with Gasteiger partial charge in [0.05, 0.1) is 0 Å². The molecule has 2 N–H and O–H groups in total. The van der Waals surface area contributed by atoms with Gasteiger partial charge in [-0.1, -0.05) is 5.16 Å². The lowest BCUT2D eigenvalue weighted by Crippen LogP contribution is -2.42. The second kappa shape index (κ2) is 8.08. The Morgan fingerprint density at radius 1 is 1.11 bits per heavy atom. The fraction of sp³-hybridized carbons (Fsp3) is 0.867. The summed E-state index contributed by atoms with van der Waals surface area (Å²) >= 11 is -1.15. The second-order valence-electron chi connectivity index (χ2n) is 7.59. The van der Waals surface area contributed by atoms with Gasteiger partial charge in [-0.3, -0.25) is 0 Å². The summed E-state index contributed by atoms with van der Waals surface area (Å²) < 4.78 is 82.4. The van der Waals surface area contributed by atoms with Crippen molar-refractivity contribution >= 4 is 17.4 Å². The number of anilines is 1. The van der Waals surface area contributed by atoms with Crippen LogP contribution in [0, 0.1) is 5.92 Å². The van der Waals surface area contributed by atoms with E-state index in [1.165, 1.54) is 0 Å². The van der Waals surface area contributed by atoms with Crippen molar-refractivity contribution in [2.45, 2.75) is 69.3 Å². The zero-order valence-corrected chi connectivity index (χ0v) is 16.0. The number of alkyl halides is 5. The van der Waals surface area contributed by atoms with Crippen LogP contribution < -0.4 is 10.0 Å². The standard InChI is InChI=1S/C15H23F5N4O2S/c1-13(2,3)27(25)21-8-9-4-6-10(7-5-9)22-12-23-11(24-26-12)14(16,17)15(18,19)20/h9-10,21H,4-8H2,1-3H3,(H,22,23,24). The molecule has 2 rings (SSSR count). The maximum atomic E-state index is 13.2. The molecule has 1 aromatic rings. The van der Waals surface area contributed by atoms with Gasteiger partial charge < -0.3 is 14.4 Å². The minimum Gasteiger partial charge on any atom is -0.598 e. The molecule has 1 aliphatic rings. The monoisotopic (exact) mass is 418 g/mol. The molecule has 1 fully saturated rings. The van der Waals surface area contributed by atoms with Gasteiger partial charge in [-0.2, -0.15) is 26.9 Å². The molecule has 0 aromatic carbocycles. The van der Waals surface area contributed by atoms with Gasteiger partial charge in [0.25, 0.3) is 5.82 Å². The molecule has 156 valence electrons. The Labute approximate surface area is 157 Å². The largest absolute Gasteiger partial charge is 0.598 e. The second-order valence-corrected chi connectivity index (χ2v) is 9.64. The number of nitrogens with zero attached hydrogens (tertiary/aromatic N) is 2. The Morgan fingerprint density at radius 2 is 1.70 bits per heavy atom. The molecule has 1 aliphatic carbocycles. The third kappa shape index (κ3) is 5.67. The lowest BCUT2D eigenvalue weighted by atomic mass is 9.86. The third-order valence-corrected chi connectivity index (χ3v) is 5.84. The van der Waals surface area contributed by atoms with Gasteiger partial charge in [-0.05, 0) is 52.4 Å². The molecule has 0 aliphatic heterocycles. The average molecular weight is 418 g/mol. The number of aromatic nitrogens is 2. The van der Waals surface area contributed by atoms with Crippen LogP contribution in [0.15, 0.2) is 4.52 Å². The lowest BCUT2D eigenvalue weighted by molar-refractivity contribution is -0.293. The van der Waals surface area contributed by atoms with Crippen LogP contribution in [-0.2, 0) is 17.3 Å². The van der Waals surface area contributed by atoms with Crippen molar-refractivity contribution in [3.63, 3.8) is 0 Å².